The molecule has 8 nitrogen and oxygen atoms in total. The van der Waals surface area contributed by atoms with Crippen LogP contribution in [-0.2, 0) is 19.3 Å². The molecule has 5 aliphatic carbocycles. The van der Waals surface area contributed by atoms with Gasteiger partial charge in [0.05, 0.1) is 25.0 Å². The Kier molecular flexibility index (Phi) is 15.0. The third-order valence-corrected chi connectivity index (χ3v) is 13.2. The number of hydroxylamine groups is 1. The van der Waals surface area contributed by atoms with Crippen molar-refractivity contribution in [3.8, 4) is 0 Å². The molecule has 0 aromatic heterocycles. The number of hydrogen-bond acceptors (Lipinski definition) is 6. The molecule has 5 saturated carbocycles. The van der Waals surface area contributed by atoms with Crippen LogP contribution in [0, 0.1) is 59.2 Å². The summed E-state index contributed by atoms with van der Waals surface area (Å²) in [6.45, 7) is 2.60. The molecule has 0 heterocycles. The van der Waals surface area contributed by atoms with Gasteiger partial charge in [-0.15, -0.1) is 0 Å². The van der Waals surface area contributed by atoms with Gasteiger partial charge in [0.25, 0.3) is 0 Å². The molecule has 46 heavy (non-hydrogen) atoms. The third kappa shape index (κ3) is 11.2. The zero-order valence-corrected chi connectivity index (χ0v) is 28.7. The summed E-state index contributed by atoms with van der Waals surface area (Å²) >= 11 is 0. The maximum absolute atomic E-state index is 13.3. The van der Waals surface area contributed by atoms with Crippen molar-refractivity contribution in [2.24, 2.45) is 59.2 Å². The van der Waals surface area contributed by atoms with Gasteiger partial charge < -0.3 is 15.3 Å². The lowest BCUT2D eigenvalue weighted by atomic mass is 9.69. The smallest absolute Gasteiger partial charge is 0.307 e. The molecule has 6 unspecified atom stereocenters. The maximum Gasteiger partial charge on any atom is 0.307 e. The average molecular weight is 647 g/mol. The zero-order chi connectivity index (χ0) is 32.1. The number of carbonyl (C=O) groups excluding carboxylic acids is 1. The van der Waals surface area contributed by atoms with Crippen LogP contribution >= 0.6 is 0 Å². The van der Waals surface area contributed by atoms with Gasteiger partial charge in [0.15, 0.2) is 0 Å². The van der Waals surface area contributed by atoms with Gasteiger partial charge in [-0.2, -0.15) is 0 Å². The summed E-state index contributed by atoms with van der Waals surface area (Å²) in [6.07, 6.45) is 26.5. The number of amides is 1. The van der Waals surface area contributed by atoms with E-state index in [1.807, 2.05) is 0 Å². The van der Waals surface area contributed by atoms with Gasteiger partial charge in [0.1, 0.15) is 0 Å². The molecule has 0 bridgehead atoms. The van der Waals surface area contributed by atoms with E-state index in [0.717, 1.165) is 69.2 Å². The van der Waals surface area contributed by atoms with E-state index in [9.17, 15) is 14.7 Å². The van der Waals surface area contributed by atoms with E-state index in [0.29, 0.717) is 55.8 Å². The van der Waals surface area contributed by atoms with E-state index < -0.39 is 11.9 Å². The first-order valence-corrected chi connectivity index (χ1v) is 19.6. The topological polar surface area (TPSA) is 117 Å². The summed E-state index contributed by atoms with van der Waals surface area (Å²) in [7, 11) is 0. The Bertz CT molecular complexity index is 898. The molecule has 1 amide bonds. The lowest BCUT2D eigenvalue weighted by Crippen LogP contribution is -2.43. The van der Waals surface area contributed by atoms with Crippen molar-refractivity contribution in [2.45, 2.75) is 141 Å². The number of aliphatic carboxylic acids is 1. The number of rotatable bonds is 15. The molecule has 0 aromatic rings. The highest BCUT2D eigenvalue weighted by molar-refractivity contribution is 5.84. The van der Waals surface area contributed by atoms with Crippen molar-refractivity contribution in [1.82, 2.24) is 10.8 Å². The molecule has 4 N–H and O–H groups in total. The lowest BCUT2D eigenvalue weighted by Gasteiger charge is -2.37. The summed E-state index contributed by atoms with van der Waals surface area (Å²) in [6, 6.07) is 0. The van der Waals surface area contributed by atoms with Gasteiger partial charge in [0.2, 0.25) is 5.91 Å². The van der Waals surface area contributed by atoms with Crippen LogP contribution in [0.25, 0.3) is 0 Å². The van der Waals surface area contributed by atoms with Crippen LogP contribution in [0.5, 0.6) is 0 Å². The molecule has 0 saturated heterocycles. The fourth-order valence-corrected chi connectivity index (χ4v) is 10.4. The zero-order valence-electron chi connectivity index (χ0n) is 28.7. The van der Waals surface area contributed by atoms with Crippen molar-refractivity contribution in [3.05, 3.63) is 0 Å². The maximum atomic E-state index is 13.3. The highest BCUT2D eigenvalue weighted by Gasteiger charge is 2.40. The van der Waals surface area contributed by atoms with Gasteiger partial charge >= 0.3 is 5.97 Å². The van der Waals surface area contributed by atoms with E-state index in [-0.39, 0.29) is 11.8 Å². The number of carboxylic acid groups (broad SMARTS) is 1. The Morgan fingerprint density at radius 3 is 1.74 bits per heavy atom. The molecule has 0 aliphatic heterocycles. The van der Waals surface area contributed by atoms with Crippen LogP contribution in [-0.4, -0.2) is 48.5 Å². The van der Waals surface area contributed by atoms with Crippen LogP contribution in [0.2, 0.25) is 0 Å². The summed E-state index contributed by atoms with van der Waals surface area (Å²) in [5, 5.41) is 22.2. The van der Waals surface area contributed by atoms with Gasteiger partial charge in [0, 0.05) is 13.1 Å². The van der Waals surface area contributed by atoms with Crippen molar-refractivity contribution in [3.63, 3.8) is 0 Å². The van der Waals surface area contributed by atoms with Gasteiger partial charge in [-0.25, -0.2) is 10.4 Å². The van der Waals surface area contributed by atoms with Crippen molar-refractivity contribution >= 4 is 11.9 Å². The molecular formula is C38H66N2O6. The molecule has 5 fully saturated rings. The summed E-state index contributed by atoms with van der Waals surface area (Å²) in [5.74, 6) is 3.04. The van der Waals surface area contributed by atoms with E-state index in [1.54, 1.807) is 0 Å². The fourth-order valence-electron chi connectivity index (χ4n) is 10.4. The molecule has 0 aromatic carbocycles. The predicted octanol–water partition coefficient (Wildman–Crippen LogP) is 8.01. The van der Waals surface area contributed by atoms with Gasteiger partial charge in [-0.1, -0.05) is 70.6 Å². The van der Waals surface area contributed by atoms with Gasteiger partial charge in [-0.3, -0.25) is 14.8 Å². The van der Waals surface area contributed by atoms with Crippen molar-refractivity contribution in [1.29, 1.82) is 0 Å². The molecule has 0 spiro atoms. The SMILES string of the molecule is O=C(O)C1CCC(CC2CCCCC2)CC1C(=O)NCC1CCC(CNOCC2CC(CC3CCCCC3)CCC2COO)CC1. The first-order valence-electron chi connectivity index (χ1n) is 19.6. The van der Waals surface area contributed by atoms with Crippen LogP contribution in [0.15, 0.2) is 0 Å². The molecular weight excluding hydrogens is 580 g/mol. The highest BCUT2D eigenvalue weighted by atomic mass is 17.1. The van der Waals surface area contributed by atoms with Crippen molar-refractivity contribution < 1.29 is 29.7 Å². The monoisotopic (exact) mass is 646 g/mol. The third-order valence-electron chi connectivity index (χ3n) is 13.2. The number of hydrogen-bond donors (Lipinski definition) is 4. The highest BCUT2D eigenvalue weighted by Crippen LogP contribution is 2.41. The first-order chi connectivity index (χ1) is 22.5. The Morgan fingerprint density at radius 2 is 1.13 bits per heavy atom. The fraction of sp³-hybridized carbons (Fsp3) is 0.947. The molecule has 8 heteroatoms. The minimum Gasteiger partial charge on any atom is -0.481 e. The first kappa shape index (κ1) is 36.1. The molecule has 0 radical (unpaired) electrons. The van der Waals surface area contributed by atoms with Gasteiger partial charge in [-0.05, 0) is 118 Å². The second kappa shape index (κ2) is 19.1. The average Bonchev–Trinajstić information content (AvgIpc) is 3.08. The summed E-state index contributed by atoms with van der Waals surface area (Å²) in [4.78, 5) is 36.0. The van der Waals surface area contributed by atoms with E-state index >= 15 is 0 Å². The minimum atomic E-state index is -0.800. The van der Waals surface area contributed by atoms with E-state index in [1.165, 1.54) is 89.9 Å². The Hall–Kier alpha value is -1.22. The summed E-state index contributed by atoms with van der Waals surface area (Å²) in [5.41, 5.74) is 3.29. The number of nitrogens with one attached hydrogen (secondary N) is 2. The number of carboxylic acids is 1. The van der Waals surface area contributed by atoms with E-state index in [2.05, 4.69) is 15.7 Å². The second-order valence-electron chi connectivity index (χ2n) is 16.5. The van der Waals surface area contributed by atoms with Crippen LogP contribution in [0.1, 0.15) is 141 Å². The van der Waals surface area contributed by atoms with E-state index in [4.69, 9.17) is 10.1 Å². The van der Waals surface area contributed by atoms with Crippen molar-refractivity contribution in [2.75, 3.05) is 26.3 Å². The van der Waals surface area contributed by atoms with Crippen LogP contribution in [0.3, 0.4) is 0 Å². The minimum absolute atomic E-state index is 0.0217. The molecule has 264 valence electrons. The lowest BCUT2D eigenvalue weighted by molar-refractivity contribution is -0.257. The normalized spacial score (nSPS) is 35.1. The quantitative estimate of drug-likeness (QED) is 0.0809. The number of carbonyl (C=O) groups is 2. The summed E-state index contributed by atoms with van der Waals surface area (Å²) < 4.78 is 0. The Labute approximate surface area is 278 Å². The predicted molar refractivity (Wildman–Crippen MR) is 180 cm³/mol. The molecule has 6 atom stereocenters. The largest absolute Gasteiger partial charge is 0.481 e. The standard InChI is InChI=1S/C38H66N2O6/c41-37(36-22-32(16-18-35(36)38(42)43)20-28-9-5-2-6-10-28)39-23-29-11-13-30(14-12-29)24-40-45-25-34-21-31(15-17-33(34)26-46-44)19-27-7-3-1-4-8-27/h27-36,40,44H,1-26H2,(H,39,41)(H,42,43). The van der Waals surface area contributed by atoms with Crippen LogP contribution < -0.4 is 10.8 Å². The Balaban J connectivity index is 0.973. The Morgan fingerprint density at radius 1 is 0.565 bits per heavy atom. The molecule has 5 rings (SSSR count). The van der Waals surface area contributed by atoms with Crippen LogP contribution in [0.4, 0.5) is 0 Å². The second-order valence-corrected chi connectivity index (χ2v) is 16.5. The molecule has 5 aliphatic rings.